The summed E-state index contributed by atoms with van der Waals surface area (Å²) in [5.41, 5.74) is 1.21. The van der Waals surface area contributed by atoms with Crippen molar-refractivity contribution in [3.8, 4) is 5.88 Å². The molecule has 0 aliphatic rings. The van der Waals surface area contributed by atoms with Gasteiger partial charge in [-0.15, -0.1) is 0 Å². The number of hydrazone groups is 1. The van der Waals surface area contributed by atoms with Gasteiger partial charge in [-0.25, -0.2) is 5.43 Å². The van der Waals surface area contributed by atoms with Gasteiger partial charge in [0, 0.05) is 17.7 Å². The summed E-state index contributed by atoms with van der Waals surface area (Å²) in [5, 5.41) is 23.6. The predicted molar refractivity (Wildman–Crippen MR) is 82.1 cm³/mol. The van der Waals surface area contributed by atoms with Crippen molar-refractivity contribution >= 4 is 30.0 Å². The number of nitrogens with zero attached hydrogens (tertiary/aromatic N) is 2. The Hall–Kier alpha value is -3.34. The van der Waals surface area contributed by atoms with Gasteiger partial charge in [-0.05, 0) is 24.4 Å². The van der Waals surface area contributed by atoms with Gasteiger partial charge in [0.15, 0.2) is 4.77 Å². The van der Waals surface area contributed by atoms with Crippen molar-refractivity contribution in [3.63, 3.8) is 0 Å². The molecule has 0 aliphatic heterocycles. The average molecular weight is 335 g/mol. The summed E-state index contributed by atoms with van der Waals surface area (Å²) in [6, 6.07) is 4.86. The molecule has 1 amide bonds. The van der Waals surface area contributed by atoms with Crippen LogP contribution in [-0.2, 0) is 0 Å². The number of carbonyl (C=O) groups excluding carboxylic acids is 1. The minimum absolute atomic E-state index is 0.0560. The van der Waals surface area contributed by atoms with Crippen molar-refractivity contribution < 1.29 is 14.8 Å². The zero-order chi connectivity index (χ0) is 17.0. The maximum Gasteiger partial charge on any atom is 0.271 e. The van der Waals surface area contributed by atoms with Crippen LogP contribution in [0.1, 0.15) is 15.9 Å². The first-order valence-electron chi connectivity index (χ1n) is 6.02. The van der Waals surface area contributed by atoms with Gasteiger partial charge in [0.05, 0.1) is 11.1 Å². The number of non-ortho nitro benzene ring substituents is 1. The third-order valence-electron chi connectivity index (χ3n) is 2.66. The molecule has 0 fully saturated rings. The Bertz CT molecular complexity index is 899. The Kier molecular flexibility index (Phi) is 4.61. The first kappa shape index (κ1) is 16.0. The summed E-state index contributed by atoms with van der Waals surface area (Å²) >= 11 is 4.66. The summed E-state index contributed by atoms with van der Waals surface area (Å²) in [5.74, 6) is -1.14. The van der Waals surface area contributed by atoms with E-state index in [2.05, 4.69) is 32.7 Å². The highest BCUT2D eigenvalue weighted by molar-refractivity contribution is 7.71. The number of benzene rings is 1. The molecule has 1 aromatic carbocycles. The summed E-state index contributed by atoms with van der Waals surface area (Å²) in [7, 11) is 0. The fraction of sp³-hybridized carbons (Fsp3) is 0. The molecule has 11 heteroatoms. The van der Waals surface area contributed by atoms with Gasteiger partial charge in [0.25, 0.3) is 17.2 Å². The van der Waals surface area contributed by atoms with Crippen LogP contribution in [0.2, 0.25) is 0 Å². The van der Waals surface area contributed by atoms with Crippen LogP contribution in [0.5, 0.6) is 5.88 Å². The molecule has 0 unspecified atom stereocenters. The third-order valence-corrected chi connectivity index (χ3v) is 2.86. The van der Waals surface area contributed by atoms with Gasteiger partial charge < -0.3 is 10.1 Å². The number of nitrogens with one attached hydrogen (secondary N) is 3. The van der Waals surface area contributed by atoms with E-state index in [-0.39, 0.29) is 21.6 Å². The maximum absolute atomic E-state index is 11.8. The summed E-state index contributed by atoms with van der Waals surface area (Å²) < 4.78 is -0.0560. The molecule has 1 heterocycles. The number of amides is 1. The standard InChI is InChI=1S/C12H9N5O5S/c18-9(6-1-3-7(4-2-6)17(21)22)16-13-5-8-10(19)14-12(23)15-11(8)20/h1-5H,(H,16,18)(H3,14,15,19,20,23)/b13-5+. The minimum atomic E-state index is -0.681. The molecule has 0 radical (unpaired) electrons. The summed E-state index contributed by atoms with van der Waals surface area (Å²) in [4.78, 5) is 37.8. The number of H-pyrrole nitrogens is 2. The Labute approximate surface area is 132 Å². The van der Waals surface area contributed by atoms with E-state index in [9.17, 15) is 24.8 Å². The molecule has 0 bridgehead atoms. The molecule has 1 aromatic heterocycles. The number of nitro groups is 1. The second-order valence-corrected chi connectivity index (χ2v) is 4.58. The van der Waals surface area contributed by atoms with Gasteiger partial charge in [-0.1, -0.05) is 0 Å². The van der Waals surface area contributed by atoms with Crippen molar-refractivity contribution in [2.24, 2.45) is 5.10 Å². The number of carbonyl (C=O) groups is 1. The Balaban J connectivity index is 2.11. The van der Waals surface area contributed by atoms with E-state index in [1.54, 1.807) is 0 Å². The van der Waals surface area contributed by atoms with Crippen molar-refractivity contribution in [3.05, 3.63) is 60.6 Å². The molecule has 2 aromatic rings. The lowest BCUT2D eigenvalue weighted by Gasteiger charge is -2.00. The van der Waals surface area contributed by atoms with Gasteiger partial charge in [0.1, 0.15) is 5.56 Å². The van der Waals surface area contributed by atoms with E-state index >= 15 is 0 Å². The molecule has 0 saturated heterocycles. The minimum Gasteiger partial charge on any atom is -0.494 e. The fourth-order valence-electron chi connectivity index (χ4n) is 1.56. The highest BCUT2D eigenvalue weighted by Gasteiger charge is 2.09. The van der Waals surface area contributed by atoms with Crippen LogP contribution in [0, 0.1) is 14.9 Å². The van der Waals surface area contributed by atoms with Crippen LogP contribution < -0.4 is 11.0 Å². The number of aromatic nitrogens is 2. The average Bonchev–Trinajstić information content (AvgIpc) is 2.49. The molecule has 0 atom stereocenters. The molecule has 0 saturated carbocycles. The smallest absolute Gasteiger partial charge is 0.271 e. The van der Waals surface area contributed by atoms with E-state index in [1.165, 1.54) is 24.3 Å². The number of hydrogen-bond acceptors (Lipinski definition) is 7. The Morgan fingerprint density at radius 1 is 1.35 bits per heavy atom. The van der Waals surface area contributed by atoms with Crippen molar-refractivity contribution in [2.45, 2.75) is 0 Å². The van der Waals surface area contributed by atoms with Crippen molar-refractivity contribution in [1.29, 1.82) is 0 Å². The number of rotatable bonds is 4. The summed E-state index contributed by atoms with van der Waals surface area (Å²) in [6.45, 7) is 0. The largest absolute Gasteiger partial charge is 0.494 e. The highest BCUT2D eigenvalue weighted by Crippen LogP contribution is 2.11. The number of aromatic amines is 2. The predicted octanol–water partition coefficient (Wildman–Crippen LogP) is 0.810. The van der Waals surface area contributed by atoms with E-state index in [0.29, 0.717) is 0 Å². The second kappa shape index (κ2) is 6.62. The first-order valence-corrected chi connectivity index (χ1v) is 6.42. The zero-order valence-corrected chi connectivity index (χ0v) is 12.1. The lowest BCUT2D eigenvalue weighted by atomic mass is 10.2. The van der Waals surface area contributed by atoms with Gasteiger partial charge in [-0.2, -0.15) is 5.10 Å². The molecular formula is C12H9N5O5S. The zero-order valence-electron chi connectivity index (χ0n) is 11.3. The molecular weight excluding hydrogens is 326 g/mol. The molecule has 118 valence electrons. The monoisotopic (exact) mass is 335 g/mol. The lowest BCUT2D eigenvalue weighted by molar-refractivity contribution is -0.384. The maximum atomic E-state index is 11.8. The lowest BCUT2D eigenvalue weighted by Crippen LogP contribution is -2.19. The first-order chi connectivity index (χ1) is 10.9. The molecule has 4 N–H and O–H groups in total. The van der Waals surface area contributed by atoms with Crippen LogP contribution in [0.15, 0.2) is 34.2 Å². The van der Waals surface area contributed by atoms with Crippen LogP contribution in [-0.4, -0.2) is 32.1 Å². The van der Waals surface area contributed by atoms with Gasteiger partial charge in [-0.3, -0.25) is 24.7 Å². The Morgan fingerprint density at radius 2 is 2.00 bits per heavy atom. The van der Waals surface area contributed by atoms with E-state index in [4.69, 9.17) is 0 Å². The van der Waals surface area contributed by atoms with E-state index in [1.807, 2.05) is 0 Å². The SMILES string of the molecule is O=C(N/N=C/c1c(O)[nH]c(=S)[nH]c1=O)c1ccc([N+](=O)[O-])cc1. The molecule has 10 nitrogen and oxygen atoms in total. The molecule has 0 aliphatic carbocycles. The van der Waals surface area contributed by atoms with Crippen LogP contribution in [0.3, 0.4) is 0 Å². The number of aromatic hydroxyl groups is 1. The highest BCUT2D eigenvalue weighted by atomic mass is 32.1. The molecule has 23 heavy (non-hydrogen) atoms. The van der Waals surface area contributed by atoms with Gasteiger partial charge in [0.2, 0.25) is 5.88 Å². The summed E-state index contributed by atoms with van der Waals surface area (Å²) in [6.07, 6.45) is 0.933. The van der Waals surface area contributed by atoms with Crippen molar-refractivity contribution in [2.75, 3.05) is 0 Å². The fourth-order valence-corrected chi connectivity index (χ4v) is 1.75. The second-order valence-electron chi connectivity index (χ2n) is 4.17. The Morgan fingerprint density at radius 3 is 2.57 bits per heavy atom. The van der Waals surface area contributed by atoms with E-state index < -0.39 is 22.3 Å². The van der Waals surface area contributed by atoms with Crippen molar-refractivity contribution in [1.82, 2.24) is 15.4 Å². The van der Waals surface area contributed by atoms with Crippen LogP contribution in [0.4, 0.5) is 5.69 Å². The molecule has 0 spiro atoms. The normalized spacial score (nSPS) is 10.6. The number of nitro benzene ring substituents is 1. The van der Waals surface area contributed by atoms with E-state index in [0.717, 1.165) is 6.21 Å². The molecule has 2 rings (SSSR count). The number of hydrogen-bond donors (Lipinski definition) is 4. The third kappa shape index (κ3) is 3.85. The quantitative estimate of drug-likeness (QED) is 0.280. The topological polar surface area (TPSA) is 153 Å². The van der Waals surface area contributed by atoms with Crippen LogP contribution >= 0.6 is 12.2 Å². The van der Waals surface area contributed by atoms with Crippen LogP contribution in [0.25, 0.3) is 0 Å². The van der Waals surface area contributed by atoms with Gasteiger partial charge >= 0.3 is 0 Å².